The molecule has 0 spiro atoms. The Morgan fingerprint density at radius 3 is 2.83 bits per heavy atom. The molecule has 4 nitrogen and oxygen atoms in total. The van der Waals surface area contributed by atoms with E-state index < -0.39 is 0 Å². The van der Waals surface area contributed by atoms with Gasteiger partial charge in [-0.1, -0.05) is 46.2 Å². The second-order valence-electron chi connectivity index (χ2n) is 6.38. The van der Waals surface area contributed by atoms with Crippen LogP contribution in [0.3, 0.4) is 0 Å². The molecule has 1 aliphatic rings. The molecule has 1 heterocycles. The summed E-state index contributed by atoms with van der Waals surface area (Å²) in [6.45, 7) is 4.43. The molecule has 0 aliphatic heterocycles. The average molecular weight is 314 g/mol. The summed E-state index contributed by atoms with van der Waals surface area (Å²) < 4.78 is 0. The van der Waals surface area contributed by atoms with Crippen molar-refractivity contribution >= 4 is 16.8 Å². The van der Waals surface area contributed by atoms with E-state index in [-0.39, 0.29) is 25.1 Å². The number of fused-ring (bicyclic) bond motifs is 1. The van der Waals surface area contributed by atoms with Crippen molar-refractivity contribution in [3.63, 3.8) is 0 Å². The fraction of sp³-hybridized carbons (Fsp3) is 0.474. The highest BCUT2D eigenvalue weighted by Crippen LogP contribution is 2.31. The quantitative estimate of drug-likeness (QED) is 0.876. The predicted octanol–water partition coefficient (Wildman–Crippen LogP) is 4.13. The van der Waals surface area contributed by atoms with Crippen molar-refractivity contribution in [3.8, 4) is 5.75 Å². The van der Waals surface area contributed by atoms with Gasteiger partial charge >= 0.3 is 0 Å². The van der Waals surface area contributed by atoms with E-state index >= 15 is 0 Å². The number of pyridine rings is 1. The van der Waals surface area contributed by atoms with Crippen LogP contribution in [0.15, 0.2) is 30.5 Å². The number of nitrogens with zero attached hydrogens (tertiary/aromatic N) is 1. The van der Waals surface area contributed by atoms with Crippen molar-refractivity contribution in [1.82, 2.24) is 10.3 Å². The molecule has 1 fully saturated rings. The molecule has 3 rings (SSSR count). The van der Waals surface area contributed by atoms with Gasteiger partial charge in [-0.05, 0) is 30.4 Å². The summed E-state index contributed by atoms with van der Waals surface area (Å²) >= 11 is 0. The molecule has 1 aromatic carbocycles. The van der Waals surface area contributed by atoms with Gasteiger partial charge in [-0.3, -0.25) is 9.78 Å². The summed E-state index contributed by atoms with van der Waals surface area (Å²) in [5.74, 6) is 0.826. The van der Waals surface area contributed by atoms with Gasteiger partial charge in [-0.15, -0.1) is 0 Å². The normalized spacial score (nSPS) is 24.0. The molecule has 2 aromatic rings. The monoisotopic (exact) mass is 314 g/mol. The number of hydrogen-bond donors (Lipinski definition) is 2. The molecular weight excluding hydrogens is 288 g/mol. The van der Waals surface area contributed by atoms with Gasteiger partial charge < -0.3 is 10.4 Å². The van der Waals surface area contributed by atoms with Crippen molar-refractivity contribution in [3.05, 3.63) is 36.0 Å². The third kappa shape index (κ3) is 3.31. The van der Waals surface area contributed by atoms with Crippen LogP contribution in [0.25, 0.3) is 10.9 Å². The molecule has 3 atom stereocenters. The third-order valence-electron chi connectivity index (χ3n) is 5.02. The zero-order valence-corrected chi connectivity index (χ0v) is 13.0. The molecule has 3 unspecified atom stereocenters. The molecule has 0 bridgehead atoms. The lowest BCUT2D eigenvalue weighted by molar-refractivity contribution is 0.0888. The highest BCUT2D eigenvalue weighted by Gasteiger charge is 2.29. The number of aromatic nitrogens is 1. The number of rotatable bonds is 2. The zero-order chi connectivity index (χ0) is 15.7. The van der Waals surface area contributed by atoms with E-state index in [0.717, 1.165) is 18.2 Å². The number of aromatic hydroxyl groups is 1. The van der Waals surface area contributed by atoms with Crippen LogP contribution in [0.4, 0.5) is 0 Å². The summed E-state index contributed by atoms with van der Waals surface area (Å²) in [7, 11) is 0. The van der Waals surface area contributed by atoms with Crippen LogP contribution in [0, 0.1) is 11.8 Å². The van der Waals surface area contributed by atoms with Gasteiger partial charge in [-0.2, -0.15) is 0 Å². The molecule has 0 saturated heterocycles. The fourth-order valence-electron chi connectivity index (χ4n) is 3.34. The van der Waals surface area contributed by atoms with Gasteiger partial charge in [-0.25, -0.2) is 0 Å². The summed E-state index contributed by atoms with van der Waals surface area (Å²) in [6.07, 6.45) is 4.98. The number of phenolic OH excluding ortho intramolecular Hbond substituents is 1. The van der Waals surface area contributed by atoms with E-state index in [1.54, 1.807) is 12.3 Å². The average Bonchev–Trinajstić information content (AvgIpc) is 2.52. The Morgan fingerprint density at radius 2 is 2.04 bits per heavy atom. The minimum absolute atomic E-state index is 0. The van der Waals surface area contributed by atoms with E-state index in [1.807, 2.05) is 18.2 Å². The Balaban J connectivity index is 0.00000192. The molecule has 0 radical (unpaired) electrons. The Hall–Kier alpha value is -2.10. The highest BCUT2D eigenvalue weighted by atomic mass is 16.3. The lowest BCUT2D eigenvalue weighted by Gasteiger charge is -2.34. The number of phenols is 1. The topological polar surface area (TPSA) is 62.2 Å². The Labute approximate surface area is 137 Å². The van der Waals surface area contributed by atoms with Gasteiger partial charge in [0.15, 0.2) is 5.75 Å². The third-order valence-corrected chi connectivity index (χ3v) is 5.02. The summed E-state index contributed by atoms with van der Waals surface area (Å²) in [5, 5.41) is 14.3. The molecule has 124 valence electrons. The molecule has 1 saturated carbocycles. The van der Waals surface area contributed by atoms with Gasteiger partial charge in [0, 0.05) is 17.6 Å². The van der Waals surface area contributed by atoms with Crippen molar-refractivity contribution in [2.45, 2.75) is 46.6 Å². The molecule has 1 aliphatic carbocycles. The van der Waals surface area contributed by atoms with Crippen molar-refractivity contribution in [2.75, 3.05) is 0 Å². The van der Waals surface area contributed by atoms with Crippen molar-refractivity contribution < 1.29 is 9.90 Å². The fourth-order valence-corrected chi connectivity index (χ4v) is 3.34. The number of carbonyl (C=O) groups is 1. The SMILES string of the molecule is C.CC1CCCC(NC(=O)c2ccc3cccnc3c2O)C1C. The molecule has 23 heavy (non-hydrogen) atoms. The largest absolute Gasteiger partial charge is 0.505 e. The second kappa shape index (κ2) is 6.99. The van der Waals surface area contributed by atoms with Gasteiger partial charge in [0.05, 0.1) is 5.56 Å². The van der Waals surface area contributed by atoms with Crippen molar-refractivity contribution in [2.24, 2.45) is 11.8 Å². The maximum atomic E-state index is 12.5. The van der Waals surface area contributed by atoms with Gasteiger partial charge in [0.2, 0.25) is 0 Å². The van der Waals surface area contributed by atoms with Crippen LogP contribution in [0.5, 0.6) is 5.75 Å². The minimum Gasteiger partial charge on any atom is -0.505 e. The van der Waals surface area contributed by atoms with Crippen LogP contribution >= 0.6 is 0 Å². The predicted molar refractivity (Wildman–Crippen MR) is 93.6 cm³/mol. The van der Waals surface area contributed by atoms with E-state index in [9.17, 15) is 9.90 Å². The maximum absolute atomic E-state index is 12.5. The molecule has 1 aromatic heterocycles. The number of nitrogens with one attached hydrogen (secondary N) is 1. The Morgan fingerprint density at radius 1 is 1.26 bits per heavy atom. The Kier molecular flexibility index (Phi) is 5.24. The van der Waals surface area contributed by atoms with E-state index in [1.165, 1.54) is 6.42 Å². The maximum Gasteiger partial charge on any atom is 0.255 e. The molecular formula is C19H26N2O2. The molecule has 1 amide bonds. The van der Waals surface area contributed by atoms with E-state index in [0.29, 0.717) is 22.9 Å². The van der Waals surface area contributed by atoms with Gasteiger partial charge in [0.25, 0.3) is 5.91 Å². The first-order chi connectivity index (χ1) is 10.6. The van der Waals surface area contributed by atoms with Crippen LogP contribution in [-0.2, 0) is 0 Å². The summed E-state index contributed by atoms with van der Waals surface area (Å²) in [6, 6.07) is 7.35. The van der Waals surface area contributed by atoms with Crippen molar-refractivity contribution in [1.29, 1.82) is 0 Å². The van der Waals surface area contributed by atoms with E-state index in [2.05, 4.69) is 24.1 Å². The summed E-state index contributed by atoms with van der Waals surface area (Å²) in [5.41, 5.74) is 0.775. The standard InChI is InChI=1S/C18H22N2O2.CH4/c1-11-5-3-7-15(12(11)2)20-18(22)14-9-8-13-6-4-10-19-16(13)17(14)21;/h4,6,8-12,15,21H,3,5,7H2,1-2H3,(H,20,22);1H4. The van der Waals surface area contributed by atoms with Crippen LogP contribution < -0.4 is 5.32 Å². The molecule has 2 N–H and O–H groups in total. The van der Waals surface area contributed by atoms with Gasteiger partial charge in [0.1, 0.15) is 5.52 Å². The number of amides is 1. The van der Waals surface area contributed by atoms with Crippen LogP contribution in [0.1, 0.15) is 50.9 Å². The van der Waals surface area contributed by atoms with Crippen LogP contribution in [0.2, 0.25) is 0 Å². The smallest absolute Gasteiger partial charge is 0.255 e. The lowest BCUT2D eigenvalue weighted by atomic mass is 9.78. The number of benzene rings is 1. The summed E-state index contributed by atoms with van der Waals surface area (Å²) in [4.78, 5) is 16.7. The first-order valence-corrected chi connectivity index (χ1v) is 7.95. The highest BCUT2D eigenvalue weighted by molar-refractivity contribution is 6.02. The van der Waals surface area contributed by atoms with E-state index in [4.69, 9.17) is 0 Å². The first kappa shape index (κ1) is 17.3. The number of hydrogen-bond acceptors (Lipinski definition) is 3. The zero-order valence-electron chi connectivity index (χ0n) is 13.0. The number of carbonyl (C=O) groups excluding carboxylic acids is 1. The molecule has 4 heteroatoms. The second-order valence-corrected chi connectivity index (χ2v) is 6.38. The first-order valence-electron chi connectivity index (χ1n) is 7.95. The Bertz CT molecular complexity index is 699. The minimum atomic E-state index is -0.212. The lowest BCUT2D eigenvalue weighted by Crippen LogP contribution is -2.43. The van der Waals surface area contributed by atoms with Crippen LogP contribution in [-0.4, -0.2) is 22.0 Å².